The van der Waals surface area contributed by atoms with Crippen LogP contribution in [0.15, 0.2) is 41.2 Å². The maximum Gasteiger partial charge on any atom is 0.287 e. The predicted molar refractivity (Wildman–Crippen MR) is 99.1 cm³/mol. The molecule has 0 saturated carbocycles. The normalized spacial score (nSPS) is 12.9. The molecule has 8 nitrogen and oxygen atoms in total. The number of benzene rings is 2. The smallest absolute Gasteiger partial charge is 0.287 e. The number of nitrogens with zero attached hydrogens (tertiary/aromatic N) is 1. The van der Waals surface area contributed by atoms with E-state index in [1.807, 2.05) is 0 Å². The molecule has 136 valence electrons. The summed E-state index contributed by atoms with van der Waals surface area (Å²) in [7, 11) is 0. The van der Waals surface area contributed by atoms with Crippen molar-refractivity contribution >= 4 is 40.0 Å². The molecule has 0 radical (unpaired) electrons. The SMILES string of the molecule is O=C1COc2cc(CNC(=O)c3nc4ccc(Cl)cc4c(=O)[nH]3)ccc2N1. The number of nitrogens with one attached hydrogen (secondary N) is 3. The molecule has 0 unspecified atom stereocenters. The summed E-state index contributed by atoms with van der Waals surface area (Å²) in [5, 5.41) is 6.12. The Balaban J connectivity index is 1.51. The standard InChI is InChI=1S/C18H13ClN4O4/c19-10-2-4-12-11(6-10)17(25)23-16(22-12)18(26)20-7-9-1-3-13-14(5-9)27-8-15(24)21-13/h1-6H,7-8H2,(H,20,26)(H,21,24)(H,22,23,25). The van der Waals surface area contributed by atoms with Crippen molar-refractivity contribution in [3.8, 4) is 5.75 Å². The van der Waals surface area contributed by atoms with Gasteiger partial charge in [-0.25, -0.2) is 4.98 Å². The molecule has 2 heterocycles. The molecular formula is C18H13ClN4O4. The molecule has 2 aromatic carbocycles. The van der Waals surface area contributed by atoms with Gasteiger partial charge in [-0.05, 0) is 35.9 Å². The molecule has 27 heavy (non-hydrogen) atoms. The van der Waals surface area contributed by atoms with Crippen molar-refractivity contribution in [2.24, 2.45) is 0 Å². The van der Waals surface area contributed by atoms with Crippen molar-refractivity contribution < 1.29 is 14.3 Å². The molecule has 1 aliphatic heterocycles. The lowest BCUT2D eigenvalue weighted by Gasteiger charge is -2.18. The van der Waals surface area contributed by atoms with E-state index in [0.717, 1.165) is 5.56 Å². The van der Waals surface area contributed by atoms with Gasteiger partial charge in [0.05, 0.1) is 16.6 Å². The maximum absolute atomic E-state index is 12.4. The Morgan fingerprint density at radius 2 is 2.07 bits per heavy atom. The van der Waals surface area contributed by atoms with Crippen LogP contribution in [0.4, 0.5) is 5.69 Å². The number of amides is 2. The van der Waals surface area contributed by atoms with Crippen LogP contribution in [0.25, 0.3) is 10.9 Å². The molecule has 4 rings (SSSR count). The lowest BCUT2D eigenvalue weighted by Crippen LogP contribution is -2.28. The summed E-state index contributed by atoms with van der Waals surface area (Å²) in [5.41, 5.74) is 1.30. The number of aromatic nitrogens is 2. The summed E-state index contributed by atoms with van der Waals surface area (Å²) in [6.45, 7) is 0.154. The first-order valence-electron chi connectivity index (χ1n) is 8.03. The van der Waals surface area contributed by atoms with E-state index in [4.69, 9.17) is 16.3 Å². The number of hydrogen-bond acceptors (Lipinski definition) is 5. The minimum Gasteiger partial charge on any atom is -0.482 e. The summed E-state index contributed by atoms with van der Waals surface area (Å²) >= 11 is 5.88. The Labute approximate surface area is 157 Å². The molecule has 0 fully saturated rings. The van der Waals surface area contributed by atoms with Crippen LogP contribution in [0.5, 0.6) is 5.75 Å². The lowest BCUT2D eigenvalue weighted by molar-refractivity contribution is -0.118. The molecular weight excluding hydrogens is 372 g/mol. The quantitative estimate of drug-likeness (QED) is 0.637. The number of aromatic amines is 1. The fourth-order valence-corrected chi connectivity index (χ4v) is 2.89. The van der Waals surface area contributed by atoms with Crippen molar-refractivity contribution in [2.75, 3.05) is 11.9 Å². The Hall–Kier alpha value is -3.39. The highest BCUT2D eigenvalue weighted by atomic mass is 35.5. The molecule has 0 aliphatic carbocycles. The van der Waals surface area contributed by atoms with Crippen LogP contribution in [0.3, 0.4) is 0 Å². The Morgan fingerprint density at radius 3 is 2.93 bits per heavy atom. The molecule has 3 aromatic rings. The number of rotatable bonds is 3. The second kappa shape index (κ2) is 6.73. The van der Waals surface area contributed by atoms with Gasteiger partial charge in [0, 0.05) is 11.6 Å². The fourth-order valence-electron chi connectivity index (χ4n) is 2.71. The first-order chi connectivity index (χ1) is 13.0. The summed E-state index contributed by atoms with van der Waals surface area (Å²) in [4.78, 5) is 42.4. The molecule has 0 spiro atoms. The number of halogens is 1. The van der Waals surface area contributed by atoms with Crippen molar-refractivity contribution in [1.29, 1.82) is 0 Å². The first kappa shape index (κ1) is 17.0. The first-order valence-corrected chi connectivity index (χ1v) is 8.41. The molecule has 2 amide bonds. The lowest BCUT2D eigenvalue weighted by atomic mass is 10.1. The van der Waals surface area contributed by atoms with Gasteiger partial charge in [-0.15, -0.1) is 0 Å². The summed E-state index contributed by atoms with van der Waals surface area (Å²) < 4.78 is 5.35. The Kier molecular flexibility index (Phi) is 4.25. The topological polar surface area (TPSA) is 113 Å². The van der Waals surface area contributed by atoms with Crippen molar-refractivity contribution in [1.82, 2.24) is 15.3 Å². The van der Waals surface area contributed by atoms with Gasteiger partial charge in [0.25, 0.3) is 17.4 Å². The molecule has 0 saturated heterocycles. The highest BCUT2D eigenvalue weighted by molar-refractivity contribution is 6.31. The van der Waals surface area contributed by atoms with Crippen molar-refractivity contribution in [3.05, 3.63) is 63.2 Å². The predicted octanol–water partition coefficient (Wildman–Crippen LogP) is 1.84. The van der Waals surface area contributed by atoms with Gasteiger partial charge in [-0.2, -0.15) is 0 Å². The minimum absolute atomic E-state index is 0.0466. The van der Waals surface area contributed by atoms with E-state index in [9.17, 15) is 14.4 Å². The zero-order valence-corrected chi connectivity index (χ0v) is 14.6. The number of ether oxygens (including phenoxy) is 1. The van der Waals surface area contributed by atoms with E-state index in [1.54, 1.807) is 30.3 Å². The molecule has 1 aliphatic rings. The minimum atomic E-state index is -0.518. The van der Waals surface area contributed by atoms with E-state index >= 15 is 0 Å². The second-order valence-corrected chi connectivity index (χ2v) is 6.36. The molecule has 0 atom stereocenters. The monoisotopic (exact) mass is 384 g/mol. The van der Waals surface area contributed by atoms with Gasteiger partial charge in [-0.3, -0.25) is 14.4 Å². The zero-order valence-electron chi connectivity index (χ0n) is 13.8. The van der Waals surface area contributed by atoms with Crippen molar-refractivity contribution in [2.45, 2.75) is 6.54 Å². The van der Waals surface area contributed by atoms with Crippen LogP contribution in [-0.2, 0) is 11.3 Å². The van der Waals surface area contributed by atoms with E-state index < -0.39 is 11.5 Å². The Morgan fingerprint density at radius 1 is 1.22 bits per heavy atom. The summed E-state index contributed by atoms with van der Waals surface area (Å²) in [6.07, 6.45) is 0. The van der Waals surface area contributed by atoms with Gasteiger partial charge in [0.1, 0.15) is 5.75 Å². The van der Waals surface area contributed by atoms with E-state index in [1.165, 1.54) is 6.07 Å². The zero-order chi connectivity index (χ0) is 19.0. The third-order valence-corrected chi connectivity index (χ3v) is 4.25. The van der Waals surface area contributed by atoms with Crippen molar-refractivity contribution in [3.63, 3.8) is 0 Å². The van der Waals surface area contributed by atoms with Gasteiger partial charge in [0.2, 0.25) is 0 Å². The van der Waals surface area contributed by atoms with Crippen LogP contribution in [-0.4, -0.2) is 28.4 Å². The van der Waals surface area contributed by atoms with Crippen LogP contribution >= 0.6 is 11.6 Å². The van der Waals surface area contributed by atoms with Crippen LogP contribution in [0.1, 0.15) is 16.2 Å². The summed E-state index contributed by atoms with van der Waals surface area (Å²) in [5.74, 6) is -0.279. The molecule has 9 heteroatoms. The second-order valence-electron chi connectivity index (χ2n) is 5.93. The fraction of sp³-hybridized carbons (Fsp3) is 0.111. The third kappa shape index (κ3) is 3.47. The van der Waals surface area contributed by atoms with Gasteiger partial charge >= 0.3 is 0 Å². The number of anilines is 1. The Bertz CT molecular complexity index is 1140. The maximum atomic E-state index is 12.4. The largest absolute Gasteiger partial charge is 0.482 e. The molecule has 1 aromatic heterocycles. The number of hydrogen-bond donors (Lipinski definition) is 3. The van der Waals surface area contributed by atoms with Crippen LogP contribution in [0.2, 0.25) is 5.02 Å². The highest BCUT2D eigenvalue weighted by Crippen LogP contribution is 2.28. The molecule has 3 N–H and O–H groups in total. The van der Waals surface area contributed by atoms with E-state index in [-0.39, 0.29) is 24.9 Å². The van der Waals surface area contributed by atoms with Gasteiger partial charge in [-0.1, -0.05) is 17.7 Å². The summed E-state index contributed by atoms with van der Waals surface area (Å²) in [6, 6.07) is 9.87. The van der Waals surface area contributed by atoms with Gasteiger partial charge in [0.15, 0.2) is 12.4 Å². The number of carbonyl (C=O) groups excluding carboxylic acids is 2. The van der Waals surface area contributed by atoms with Gasteiger partial charge < -0.3 is 20.4 Å². The average molecular weight is 385 g/mol. The highest BCUT2D eigenvalue weighted by Gasteiger charge is 2.16. The van der Waals surface area contributed by atoms with Crippen LogP contribution < -0.4 is 20.9 Å². The number of carbonyl (C=O) groups is 2. The van der Waals surface area contributed by atoms with Crippen LogP contribution in [0, 0.1) is 0 Å². The number of H-pyrrole nitrogens is 1. The number of fused-ring (bicyclic) bond motifs is 2. The third-order valence-electron chi connectivity index (χ3n) is 4.01. The molecule has 0 bridgehead atoms. The average Bonchev–Trinajstić information content (AvgIpc) is 2.66. The van der Waals surface area contributed by atoms with E-state index in [0.29, 0.717) is 27.4 Å². The van der Waals surface area contributed by atoms with E-state index in [2.05, 4.69) is 20.6 Å².